The molecule has 0 saturated heterocycles. The van der Waals surface area contributed by atoms with Crippen LogP contribution in [-0.4, -0.2) is 50.0 Å². The van der Waals surface area contributed by atoms with Crippen molar-refractivity contribution >= 4 is 15.9 Å². The van der Waals surface area contributed by atoms with Gasteiger partial charge < -0.3 is 25.3 Å². The van der Waals surface area contributed by atoms with Crippen molar-refractivity contribution in [2.45, 2.75) is 50.0 Å². The Kier molecular flexibility index (Phi) is 4.80. The molecule has 3 atom stereocenters. The maximum atomic E-state index is 12.7. The lowest BCUT2D eigenvalue weighted by atomic mass is 10.1. The quantitative estimate of drug-likeness (QED) is 0.772. The number of fused-ring (bicyclic) bond motifs is 1. The minimum Gasteiger partial charge on any atom is -0.454 e. The number of hydrogen-bond acceptors (Lipinski definition) is 7. The molecule has 3 N–H and O–H groups in total. The second kappa shape index (κ2) is 6.56. The van der Waals surface area contributed by atoms with Gasteiger partial charge in [-0.2, -0.15) is 0 Å². The zero-order valence-electron chi connectivity index (χ0n) is 15.9. The van der Waals surface area contributed by atoms with Crippen molar-refractivity contribution < 1.29 is 27.4 Å². The van der Waals surface area contributed by atoms with Gasteiger partial charge in [0.05, 0.1) is 10.8 Å². The van der Waals surface area contributed by atoms with E-state index in [0.29, 0.717) is 11.5 Å². The highest BCUT2D eigenvalue weighted by atomic mass is 32.2. The molecule has 1 amide bonds. The molecule has 2 aliphatic rings. The number of nitrogens with one attached hydrogen (secondary N) is 1. The number of benzene rings is 1. The van der Waals surface area contributed by atoms with Gasteiger partial charge in [-0.3, -0.25) is 0 Å². The number of rotatable bonds is 5. The van der Waals surface area contributed by atoms with Gasteiger partial charge in [0, 0.05) is 18.2 Å². The third-order valence-electron chi connectivity index (χ3n) is 4.87. The highest BCUT2D eigenvalue weighted by molar-refractivity contribution is 7.92. The normalized spacial score (nSPS) is 26.6. The molecule has 1 aromatic carbocycles. The minimum absolute atomic E-state index is 0.0325. The second-order valence-electron chi connectivity index (χ2n) is 7.83. The summed E-state index contributed by atoms with van der Waals surface area (Å²) in [7, 11) is -3.47. The Morgan fingerprint density at radius 3 is 2.59 bits per heavy atom. The fraction of sp³-hybridized carbons (Fsp3) is 0.611. The van der Waals surface area contributed by atoms with Gasteiger partial charge in [0.1, 0.15) is 5.60 Å². The van der Waals surface area contributed by atoms with Gasteiger partial charge in [0.2, 0.25) is 6.79 Å². The number of amides is 1. The van der Waals surface area contributed by atoms with Crippen LogP contribution in [0.5, 0.6) is 11.5 Å². The van der Waals surface area contributed by atoms with Gasteiger partial charge in [0.25, 0.3) is 0 Å². The molecule has 9 heteroatoms. The summed E-state index contributed by atoms with van der Waals surface area (Å²) in [5, 5.41) is 1.92. The molecule has 1 fully saturated rings. The van der Waals surface area contributed by atoms with Gasteiger partial charge in [-0.05, 0) is 38.5 Å². The van der Waals surface area contributed by atoms with E-state index in [9.17, 15) is 13.2 Å². The van der Waals surface area contributed by atoms with Crippen LogP contribution in [0.3, 0.4) is 0 Å². The minimum atomic E-state index is -3.47. The number of carbonyl (C=O) groups is 1. The van der Waals surface area contributed by atoms with E-state index in [2.05, 4.69) is 5.32 Å². The largest absolute Gasteiger partial charge is 0.454 e. The molecule has 1 aliphatic carbocycles. The van der Waals surface area contributed by atoms with Crippen molar-refractivity contribution in [1.29, 1.82) is 0 Å². The summed E-state index contributed by atoms with van der Waals surface area (Å²) in [5.41, 5.74) is 4.87. The lowest BCUT2D eigenvalue weighted by molar-refractivity contribution is 0.0497. The average molecular weight is 398 g/mol. The third kappa shape index (κ3) is 3.58. The highest BCUT2D eigenvalue weighted by Gasteiger charge is 2.71. The van der Waals surface area contributed by atoms with E-state index in [0.717, 1.165) is 5.56 Å². The van der Waals surface area contributed by atoms with Crippen LogP contribution in [0.25, 0.3) is 0 Å². The van der Waals surface area contributed by atoms with Gasteiger partial charge >= 0.3 is 6.09 Å². The maximum Gasteiger partial charge on any atom is 0.408 e. The monoisotopic (exact) mass is 398 g/mol. The van der Waals surface area contributed by atoms with Crippen molar-refractivity contribution in [3.8, 4) is 11.5 Å². The Hall–Kier alpha value is -2.00. The Bertz CT molecular complexity index is 848. The van der Waals surface area contributed by atoms with E-state index in [1.165, 1.54) is 0 Å². The standard InChI is InChI=1S/C18H26N2O6S/c1-5-27(22,23)15-14(11-6-7-12-13(8-11)25-10-24-12)18(15,9-19)20-16(21)26-17(2,3)4/h6-8,14-15H,5,9-10,19H2,1-4H3,(H,20,21)/t14-,15+,18+/m0/s1. The van der Waals surface area contributed by atoms with Crippen molar-refractivity contribution in [3.63, 3.8) is 0 Å². The number of alkyl carbamates (subject to hydrolysis) is 1. The van der Waals surface area contributed by atoms with Gasteiger partial charge in [0.15, 0.2) is 21.3 Å². The predicted octanol–water partition coefficient (Wildman–Crippen LogP) is 1.54. The first-order chi connectivity index (χ1) is 12.5. The van der Waals surface area contributed by atoms with E-state index in [1.807, 2.05) is 0 Å². The first-order valence-electron chi connectivity index (χ1n) is 8.86. The highest BCUT2D eigenvalue weighted by Crippen LogP contribution is 2.56. The van der Waals surface area contributed by atoms with E-state index < -0.39 is 38.2 Å². The van der Waals surface area contributed by atoms with Crippen LogP contribution in [-0.2, 0) is 14.6 Å². The molecular formula is C18H26N2O6S. The summed E-state index contributed by atoms with van der Waals surface area (Å²) in [6.45, 7) is 6.89. The first-order valence-corrected chi connectivity index (χ1v) is 10.6. The fourth-order valence-electron chi connectivity index (χ4n) is 3.63. The first kappa shape index (κ1) is 19.8. The topological polar surface area (TPSA) is 117 Å². The number of carbonyl (C=O) groups excluding carboxylic acids is 1. The third-order valence-corrected chi connectivity index (χ3v) is 7.14. The SMILES string of the molecule is CCS(=O)(=O)[C@@H]1[C@H](c2ccc3c(c2)OCO3)[C@@]1(CN)NC(=O)OC(C)(C)C. The van der Waals surface area contributed by atoms with E-state index >= 15 is 0 Å². The molecular weight excluding hydrogens is 372 g/mol. The number of ether oxygens (including phenoxy) is 3. The number of nitrogens with two attached hydrogens (primary N) is 1. The van der Waals surface area contributed by atoms with Crippen LogP contribution in [0, 0.1) is 0 Å². The lowest BCUT2D eigenvalue weighted by Gasteiger charge is -2.24. The number of hydrogen-bond donors (Lipinski definition) is 2. The summed E-state index contributed by atoms with van der Waals surface area (Å²) in [6, 6.07) is 5.27. The zero-order valence-corrected chi connectivity index (χ0v) is 16.8. The van der Waals surface area contributed by atoms with E-state index in [1.54, 1.807) is 45.9 Å². The molecule has 8 nitrogen and oxygen atoms in total. The summed E-state index contributed by atoms with van der Waals surface area (Å²) in [6.07, 6.45) is -0.688. The zero-order chi connectivity index (χ0) is 20.0. The summed E-state index contributed by atoms with van der Waals surface area (Å²) < 4.78 is 41.5. The molecule has 1 heterocycles. The summed E-state index contributed by atoms with van der Waals surface area (Å²) in [5.74, 6) is 0.619. The molecule has 0 unspecified atom stereocenters. The van der Waals surface area contributed by atoms with Crippen LogP contribution < -0.4 is 20.5 Å². The molecule has 0 spiro atoms. The average Bonchev–Trinajstić information content (AvgIpc) is 3.00. The molecule has 0 aromatic heterocycles. The molecule has 0 radical (unpaired) electrons. The Balaban J connectivity index is 1.95. The smallest absolute Gasteiger partial charge is 0.408 e. The van der Waals surface area contributed by atoms with Gasteiger partial charge in [-0.25, -0.2) is 13.2 Å². The predicted molar refractivity (Wildman–Crippen MR) is 99.7 cm³/mol. The number of sulfone groups is 1. The molecule has 1 aliphatic heterocycles. The molecule has 1 saturated carbocycles. The van der Waals surface area contributed by atoms with Crippen LogP contribution >= 0.6 is 0 Å². The Labute approximate surface area is 159 Å². The lowest BCUT2D eigenvalue weighted by Crippen LogP contribution is -2.49. The van der Waals surface area contributed by atoms with Crippen molar-refractivity contribution in [3.05, 3.63) is 23.8 Å². The molecule has 0 bridgehead atoms. The Morgan fingerprint density at radius 2 is 2.00 bits per heavy atom. The fourth-order valence-corrected chi connectivity index (χ4v) is 5.67. The second-order valence-corrected chi connectivity index (χ2v) is 10.2. The van der Waals surface area contributed by atoms with Crippen molar-refractivity contribution in [2.24, 2.45) is 5.73 Å². The summed E-state index contributed by atoms with van der Waals surface area (Å²) in [4.78, 5) is 12.4. The van der Waals surface area contributed by atoms with Crippen molar-refractivity contribution in [2.75, 3.05) is 19.1 Å². The van der Waals surface area contributed by atoms with Crippen LogP contribution in [0.4, 0.5) is 4.79 Å². The molecule has 1 aromatic rings. The van der Waals surface area contributed by atoms with Gasteiger partial charge in [-0.1, -0.05) is 13.0 Å². The maximum absolute atomic E-state index is 12.7. The van der Waals surface area contributed by atoms with E-state index in [-0.39, 0.29) is 19.1 Å². The summed E-state index contributed by atoms with van der Waals surface area (Å²) >= 11 is 0. The molecule has 150 valence electrons. The van der Waals surface area contributed by atoms with E-state index in [4.69, 9.17) is 19.9 Å². The van der Waals surface area contributed by atoms with Gasteiger partial charge in [-0.15, -0.1) is 0 Å². The molecule has 27 heavy (non-hydrogen) atoms. The van der Waals surface area contributed by atoms with Crippen LogP contribution in [0.2, 0.25) is 0 Å². The van der Waals surface area contributed by atoms with Crippen molar-refractivity contribution in [1.82, 2.24) is 5.32 Å². The Morgan fingerprint density at radius 1 is 1.33 bits per heavy atom. The van der Waals surface area contributed by atoms with Crippen LogP contribution in [0.15, 0.2) is 18.2 Å². The van der Waals surface area contributed by atoms with Crippen LogP contribution in [0.1, 0.15) is 39.2 Å². The molecule has 3 rings (SSSR count).